The number of aryl methyl sites for hydroxylation is 1. The van der Waals surface area contributed by atoms with Gasteiger partial charge in [0.1, 0.15) is 0 Å². The highest BCUT2D eigenvalue weighted by Crippen LogP contribution is 2.09. The molecule has 0 fully saturated rings. The average Bonchev–Trinajstić information content (AvgIpc) is 2.69. The molecule has 2 aromatic rings. The van der Waals surface area contributed by atoms with Crippen LogP contribution < -0.4 is 0 Å². The Hall–Kier alpha value is -1.62. The van der Waals surface area contributed by atoms with Crippen molar-refractivity contribution in [3.8, 4) is 0 Å². The van der Waals surface area contributed by atoms with Crippen LogP contribution in [0.5, 0.6) is 0 Å². The number of aromatic nitrogens is 3. The smallest absolute Gasteiger partial charge is 0.187 e. The number of nitrogens with zero attached hydrogens (tertiary/aromatic N) is 4. The van der Waals surface area contributed by atoms with Gasteiger partial charge in [-0.15, -0.1) is 0 Å². The second kappa shape index (κ2) is 4.27. The fraction of sp³-hybridized carbons (Fsp3) is 0.200. The van der Waals surface area contributed by atoms with Crippen LogP contribution in [0.3, 0.4) is 0 Å². The van der Waals surface area contributed by atoms with E-state index in [1.165, 1.54) is 0 Å². The van der Waals surface area contributed by atoms with Crippen molar-refractivity contribution in [3.63, 3.8) is 0 Å². The van der Waals surface area contributed by atoms with Gasteiger partial charge < -0.3 is 0 Å². The summed E-state index contributed by atoms with van der Waals surface area (Å²) >= 11 is 4.56. The molecule has 0 unspecified atom stereocenters. The number of pyridine rings is 1. The topological polar surface area (TPSA) is 43.1 Å². The van der Waals surface area contributed by atoms with Gasteiger partial charge in [-0.05, 0) is 18.6 Å². The molecule has 0 N–H and O–H groups in total. The van der Waals surface area contributed by atoms with E-state index in [0.29, 0.717) is 12.4 Å². The molecule has 5 heteroatoms. The molecule has 76 valence electrons. The normalized spacial score (nSPS) is 10.2. The summed E-state index contributed by atoms with van der Waals surface area (Å²) < 4.78 is 5.36. The standard InChI is InChI=1S/C10H10N4S/c1-8-3-2-5-11-9(8)7-14-6-4-10(12-14)13-15/h2-6H,7H2,1H3. The fourth-order valence-corrected chi connectivity index (χ4v) is 1.42. The van der Waals surface area contributed by atoms with Crippen LogP contribution in [-0.4, -0.2) is 14.8 Å². The van der Waals surface area contributed by atoms with Crippen molar-refractivity contribution in [2.45, 2.75) is 13.5 Å². The first-order valence-electron chi connectivity index (χ1n) is 4.57. The Bertz CT molecular complexity index is 478. The van der Waals surface area contributed by atoms with E-state index in [1.807, 2.05) is 25.3 Å². The average molecular weight is 218 g/mol. The molecule has 0 aliphatic heterocycles. The van der Waals surface area contributed by atoms with E-state index >= 15 is 0 Å². The summed E-state index contributed by atoms with van der Waals surface area (Å²) in [5.41, 5.74) is 2.17. The van der Waals surface area contributed by atoms with Crippen LogP contribution in [0.4, 0.5) is 5.82 Å². The molecule has 2 rings (SSSR count). The molecule has 0 aliphatic carbocycles. The minimum atomic E-state index is 0.568. The van der Waals surface area contributed by atoms with E-state index in [-0.39, 0.29) is 0 Å². The molecule has 0 aliphatic rings. The van der Waals surface area contributed by atoms with Gasteiger partial charge in [-0.3, -0.25) is 9.67 Å². The Labute approximate surface area is 93.1 Å². The number of rotatable bonds is 3. The number of hydrogen-bond donors (Lipinski definition) is 0. The first-order valence-corrected chi connectivity index (χ1v) is 4.93. The third-order valence-electron chi connectivity index (χ3n) is 2.15. The van der Waals surface area contributed by atoms with Crippen molar-refractivity contribution in [1.29, 1.82) is 0 Å². The molecule has 2 aromatic heterocycles. The minimum Gasteiger partial charge on any atom is -0.265 e. The van der Waals surface area contributed by atoms with Gasteiger partial charge in [0.05, 0.1) is 12.2 Å². The second-order valence-corrected chi connectivity index (χ2v) is 3.41. The molecule has 0 atom stereocenters. The van der Waals surface area contributed by atoms with E-state index in [9.17, 15) is 0 Å². The third kappa shape index (κ3) is 2.24. The molecule has 0 aromatic carbocycles. The van der Waals surface area contributed by atoms with Gasteiger partial charge in [0.25, 0.3) is 0 Å². The predicted octanol–water partition coefficient (Wildman–Crippen LogP) is 2.00. The van der Waals surface area contributed by atoms with Crippen molar-refractivity contribution in [3.05, 3.63) is 41.9 Å². The van der Waals surface area contributed by atoms with Crippen LogP contribution in [0.1, 0.15) is 11.3 Å². The van der Waals surface area contributed by atoms with Gasteiger partial charge in [-0.1, -0.05) is 6.07 Å². The lowest BCUT2D eigenvalue weighted by Crippen LogP contribution is -2.03. The van der Waals surface area contributed by atoms with Gasteiger partial charge in [0.15, 0.2) is 5.82 Å². The van der Waals surface area contributed by atoms with Gasteiger partial charge in [-0.25, -0.2) is 0 Å². The van der Waals surface area contributed by atoms with Crippen molar-refractivity contribution in [1.82, 2.24) is 14.8 Å². The molecule has 0 bridgehead atoms. The Morgan fingerprint density at radius 3 is 3.00 bits per heavy atom. The maximum absolute atomic E-state index is 4.56. The van der Waals surface area contributed by atoms with Gasteiger partial charge >= 0.3 is 0 Å². The van der Waals surface area contributed by atoms with Crippen LogP contribution >= 0.6 is 0 Å². The summed E-state index contributed by atoms with van der Waals surface area (Å²) in [4.78, 5) is 4.29. The zero-order valence-corrected chi connectivity index (χ0v) is 9.11. The quantitative estimate of drug-likeness (QED) is 0.791. The summed E-state index contributed by atoms with van der Waals surface area (Å²) in [5.74, 6) is 0.568. The SMILES string of the molecule is Cc1cccnc1Cn1ccc(N=S)n1. The van der Waals surface area contributed by atoms with Crippen LogP contribution in [-0.2, 0) is 19.0 Å². The summed E-state index contributed by atoms with van der Waals surface area (Å²) in [6, 6.07) is 5.74. The summed E-state index contributed by atoms with van der Waals surface area (Å²) in [5, 5.41) is 4.17. The third-order valence-corrected chi connectivity index (χ3v) is 2.34. The first-order chi connectivity index (χ1) is 7.29. The molecular weight excluding hydrogens is 208 g/mol. The molecule has 2 heterocycles. The molecule has 4 nitrogen and oxygen atoms in total. The van der Waals surface area contributed by atoms with Crippen molar-refractivity contribution >= 4 is 18.2 Å². The molecule has 0 amide bonds. The van der Waals surface area contributed by atoms with Crippen LogP contribution in [0.25, 0.3) is 0 Å². The highest BCUT2D eigenvalue weighted by Gasteiger charge is 2.01. The van der Waals surface area contributed by atoms with Crippen molar-refractivity contribution < 1.29 is 0 Å². The Kier molecular flexibility index (Phi) is 2.82. The molecule has 0 radical (unpaired) electrons. The lowest BCUT2D eigenvalue weighted by Gasteiger charge is -2.03. The summed E-state index contributed by atoms with van der Waals surface area (Å²) in [7, 11) is 0. The highest BCUT2D eigenvalue weighted by atomic mass is 32.1. The molecule has 15 heavy (non-hydrogen) atoms. The highest BCUT2D eigenvalue weighted by molar-refractivity contribution is 7.47. The fourth-order valence-electron chi connectivity index (χ4n) is 1.33. The summed E-state index contributed by atoms with van der Waals surface area (Å²) in [6.07, 6.45) is 3.63. The zero-order chi connectivity index (χ0) is 10.7. The summed E-state index contributed by atoms with van der Waals surface area (Å²) in [6.45, 7) is 2.68. The Morgan fingerprint density at radius 1 is 1.47 bits per heavy atom. The van der Waals surface area contributed by atoms with Crippen LogP contribution in [0, 0.1) is 6.92 Å². The predicted molar refractivity (Wildman–Crippen MR) is 59.8 cm³/mol. The minimum absolute atomic E-state index is 0.568. The molecule has 0 spiro atoms. The molecular formula is C10H10N4S. The maximum atomic E-state index is 4.56. The lowest BCUT2D eigenvalue weighted by atomic mass is 10.2. The van der Waals surface area contributed by atoms with Gasteiger partial charge in [0, 0.05) is 30.9 Å². The number of hydrogen-bond acceptors (Lipinski definition) is 4. The molecule has 0 saturated heterocycles. The van der Waals surface area contributed by atoms with E-state index in [2.05, 4.69) is 26.9 Å². The van der Waals surface area contributed by atoms with E-state index in [1.54, 1.807) is 16.9 Å². The van der Waals surface area contributed by atoms with Gasteiger partial charge in [0.2, 0.25) is 0 Å². The van der Waals surface area contributed by atoms with Gasteiger partial charge in [-0.2, -0.15) is 9.46 Å². The van der Waals surface area contributed by atoms with Crippen LogP contribution in [0.15, 0.2) is 35.0 Å². The Balaban J connectivity index is 2.22. The Morgan fingerprint density at radius 2 is 2.33 bits per heavy atom. The van der Waals surface area contributed by atoms with Crippen LogP contribution in [0.2, 0.25) is 0 Å². The van der Waals surface area contributed by atoms with Crippen molar-refractivity contribution in [2.24, 2.45) is 4.36 Å². The van der Waals surface area contributed by atoms with E-state index in [0.717, 1.165) is 11.3 Å². The largest absolute Gasteiger partial charge is 0.265 e. The lowest BCUT2D eigenvalue weighted by molar-refractivity contribution is 0.671. The molecule has 0 saturated carbocycles. The monoisotopic (exact) mass is 218 g/mol. The van der Waals surface area contributed by atoms with E-state index in [4.69, 9.17) is 0 Å². The maximum Gasteiger partial charge on any atom is 0.187 e. The van der Waals surface area contributed by atoms with E-state index < -0.39 is 0 Å². The first kappa shape index (κ1) is 9.92. The second-order valence-electron chi connectivity index (χ2n) is 3.23. The van der Waals surface area contributed by atoms with Crippen molar-refractivity contribution in [2.75, 3.05) is 0 Å². The zero-order valence-electron chi connectivity index (χ0n) is 8.29.